The molecule has 48 heavy (non-hydrogen) atoms. The van der Waals surface area contributed by atoms with Crippen molar-refractivity contribution in [3.63, 3.8) is 0 Å². The first-order valence-corrected chi connectivity index (χ1v) is 20.6. The Morgan fingerprint density at radius 3 is 1.92 bits per heavy atom. The summed E-state index contributed by atoms with van der Waals surface area (Å²) < 4.78 is 17.2. The highest BCUT2D eigenvalue weighted by Gasteiger charge is 2.49. The van der Waals surface area contributed by atoms with Crippen molar-refractivity contribution in [2.75, 3.05) is 14.2 Å². The van der Waals surface area contributed by atoms with Gasteiger partial charge < -0.3 is 24.1 Å². The van der Waals surface area contributed by atoms with Crippen molar-refractivity contribution in [1.82, 2.24) is 0 Å². The van der Waals surface area contributed by atoms with Gasteiger partial charge in [0.2, 0.25) is 8.32 Å². The van der Waals surface area contributed by atoms with Crippen LogP contribution >= 0.6 is 0 Å². The molecule has 0 radical (unpaired) electrons. The molecule has 0 aromatic carbocycles. The number of rotatable bonds is 21. The second kappa shape index (κ2) is 21.3. The van der Waals surface area contributed by atoms with Crippen molar-refractivity contribution < 1.29 is 33.7 Å². The number of aliphatic hydroxyl groups is 2. The van der Waals surface area contributed by atoms with Crippen LogP contribution in [0.2, 0.25) is 16.6 Å². The molecule has 9 atom stereocenters. The third-order valence-electron chi connectivity index (χ3n) is 11.0. The summed E-state index contributed by atoms with van der Waals surface area (Å²) in [5, 5.41) is 31.5. The van der Waals surface area contributed by atoms with Crippen LogP contribution in [0.3, 0.4) is 0 Å². The second-order valence-corrected chi connectivity index (χ2v) is 21.2. The van der Waals surface area contributed by atoms with E-state index in [2.05, 4.69) is 66.2 Å². The molecule has 9 heteroatoms. The number of aliphatic hydroxyl groups excluding tert-OH is 2. The molecule has 1 fully saturated rings. The molecule has 0 aliphatic heterocycles. The number of nitrogens with zero attached hydrogens (tertiary/aromatic N) is 1. The zero-order chi connectivity index (χ0) is 36.8. The van der Waals surface area contributed by atoms with Gasteiger partial charge in [0.05, 0.1) is 56.5 Å². The molecule has 276 valence electrons. The summed E-state index contributed by atoms with van der Waals surface area (Å²) in [5.74, 6) is -0.147. The van der Waals surface area contributed by atoms with Gasteiger partial charge in [-0.05, 0) is 90.8 Å². The topological polar surface area (TPSA) is 126 Å². The monoisotopic (exact) mass is 691 g/mol. The molecule has 1 rings (SSSR count). The van der Waals surface area contributed by atoms with Crippen LogP contribution in [-0.4, -0.2) is 63.0 Å². The van der Waals surface area contributed by atoms with Crippen LogP contribution in [0.15, 0.2) is 23.8 Å². The predicted molar refractivity (Wildman–Crippen MR) is 195 cm³/mol. The SMILES string of the molecule is COC(=O)C[C@H](O)[C@@H](C)C[C@@H](C)C[C@@H](C)C[C@H](C)[C@@H](O)/C(C#N)=C\C=C\C[C@H](O[Si](C(C)C)(C(C)C)C(C)C)[C@@H]1CCC[C@H]1C(=O)OC. The third-order valence-corrected chi connectivity index (χ3v) is 17.1. The number of allylic oxidation sites excluding steroid dienone is 2. The molecule has 0 saturated heterocycles. The van der Waals surface area contributed by atoms with Gasteiger partial charge in [-0.15, -0.1) is 0 Å². The molecule has 0 heterocycles. The van der Waals surface area contributed by atoms with Gasteiger partial charge >= 0.3 is 11.9 Å². The van der Waals surface area contributed by atoms with E-state index in [1.165, 1.54) is 14.2 Å². The summed E-state index contributed by atoms with van der Waals surface area (Å²) in [6, 6.07) is 2.22. The molecule has 2 N–H and O–H groups in total. The Balaban J connectivity index is 3.02. The van der Waals surface area contributed by atoms with Gasteiger partial charge in [-0.1, -0.05) is 87.8 Å². The first-order chi connectivity index (χ1) is 22.5. The van der Waals surface area contributed by atoms with Gasteiger partial charge in [-0.2, -0.15) is 5.26 Å². The van der Waals surface area contributed by atoms with E-state index in [0.717, 1.165) is 38.5 Å². The van der Waals surface area contributed by atoms with Gasteiger partial charge in [-0.3, -0.25) is 9.59 Å². The number of hydrogen-bond donors (Lipinski definition) is 2. The van der Waals surface area contributed by atoms with Gasteiger partial charge in [-0.25, -0.2) is 0 Å². The number of nitriles is 1. The van der Waals surface area contributed by atoms with E-state index in [-0.39, 0.29) is 42.2 Å². The summed E-state index contributed by atoms with van der Waals surface area (Å²) in [7, 11) is 0.560. The Kier molecular flexibility index (Phi) is 19.5. The van der Waals surface area contributed by atoms with Gasteiger partial charge in [0.1, 0.15) is 0 Å². The largest absolute Gasteiger partial charge is 0.469 e. The lowest BCUT2D eigenvalue weighted by atomic mass is 9.82. The maximum absolute atomic E-state index is 12.8. The summed E-state index contributed by atoms with van der Waals surface area (Å²) in [4.78, 5) is 24.3. The highest BCUT2D eigenvalue weighted by atomic mass is 28.4. The van der Waals surface area contributed by atoms with Crippen molar-refractivity contribution >= 4 is 20.3 Å². The highest BCUT2D eigenvalue weighted by Crippen LogP contribution is 2.46. The van der Waals surface area contributed by atoms with E-state index in [1.54, 1.807) is 6.08 Å². The summed E-state index contributed by atoms with van der Waals surface area (Å²) in [5.41, 5.74) is 1.57. The molecular formula is C39H69NO7Si. The Bertz CT molecular complexity index is 1060. The van der Waals surface area contributed by atoms with Crippen LogP contribution < -0.4 is 0 Å². The maximum atomic E-state index is 12.8. The fourth-order valence-corrected chi connectivity index (χ4v) is 14.3. The van der Waals surface area contributed by atoms with E-state index < -0.39 is 26.5 Å². The molecule has 0 amide bonds. The van der Waals surface area contributed by atoms with Crippen LogP contribution in [0.4, 0.5) is 0 Å². The summed E-state index contributed by atoms with van der Waals surface area (Å²) in [6.07, 6.45) is 9.69. The minimum absolute atomic E-state index is 0.000497. The molecule has 1 aliphatic carbocycles. The van der Waals surface area contributed by atoms with Gasteiger partial charge in [0.25, 0.3) is 0 Å². The summed E-state index contributed by atoms with van der Waals surface area (Å²) >= 11 is 0. The van der Waals surface area contributed by atoms with Crippen LogP contribution in [0.25, 0.3) is 0 Å². The average molecular weight is 692 g/mol. The van der Waals surface area contributed by atoms with Crippen LogP contribution in [-0.2, 0) is 23.5 Å². The average Bonchev–Trinajstić information content (AvgIpc) is 3.50. The lowest BCUT2D eigenvalue weighted by Gasteiger charge is -2.46. The zero-order valence-electron chi connectivity index (χ0n) is 32.2. The fourth-order valence-electron chi connectivity index (χ4n) is 8.64. The third kappa shape index (κ3) is 12.7. The number of carbonyl (C=O) groups excluding carboxylic acids is 2. The molecule has 1 aliphatic rings. The van der Waals surface area contributed by atoms with E-state index in [1.807, 2.05) is 26.0 Å². The molecule has 0 spiro atoms. The predicted octanol–water partition coefficient (Wildman–Crippen LogP) is 8.53. The van der Waals surface area contributed by atoms with E-state index in [0.29, 0.717) is 40.5 Å². The minimum atomic E-state index is -2.23. The summed E-state index contributed by atoms with van der Waals surface area (Å²) in [6.45, 7) is 21.9. The lowest BCUT2D eigenvalue weighted by Crippen LogP contribution is -2.52. The quantitative estimate of drug-likeness (QED) is 0.0531. The molecule has 8 nitrogen and oxygen atoms in total. The molecule has 0 aromatic heterocycles. The first kappa shape index (κ1) is 44.0. The Hall–Kier alpha value is -1.99. The zero-order valence-corrected chi connectivity index (χ0v) is 33.2. The molecular weight excluding hydrogens is 623 g/mol. The minimum Gasteiger partial charge on any atom is -0.469 e. The maximum Gasteiger partial charge on any atom is 0.309 e. The highest BCUT2D eigenvalue weighted by molar-refractivity contribution is 6.77. The fraction of sp³-hybridized carbons (Fsp3) is 0.821. The number of ether oxygens (including phenoxy) is 2. The van der Waals surface area contributed by atoms with Crippen molar-refractivity contribution in [2.24, 2.45) is 35.5 Å². The molecule has 0 unspecified atom stereocenters. The number of esters is 2. The first-order valence-electron chi connectivity index (χ1n) is 18.4. The van der Waals surface area contributed by atoms with Gasteiger partial charge in [0.15, 0.2) is 0 Å². The molecule has 1 saturated carbocycles. The van der Waals surface area contributed by atoms with Crippen LogP contribution in [0.1, 0.15) is 121 Å². The number of methoxy groups -OCH3 is 2. The van der Waals surface area contributed by atoms with Crippen LogP contribution in [0.5, 0.6) is 0 Å². The van der Waals surface area contributed by atoms with Crippen molar-refractivity contribution in [1.29, 1.82) is 5.26 Å². The normalized spacial score (nSPS) is 22.0. The van der Waals surface area contributed by atoms with Crippen molar-refractivity contribution in [2.45, 2.75) is 156 Å². The second-order valence-electron chi connectivity index (χ2n) is 15.8. The van der Waals surface area contributed by atoms with E-state index in [9.17, 15) is 25.1 Å². The lowest BCUT2D eigenvalue weighted by molar-refractivity contribution is -0.148. The van der Waals surface area contributed by atoms with Crippen molar-refractivity contribution in [3.05, 3.63) is 23.8 Å². The standard InChI is InChI=1S/C39H69NO7Si/c1-25(2)48(26(3)4,27(5)6)47-36(33-17-15-18-34(33)39(44)46-12)19-14-13-16-32(24-40)38(43)31(10)22-29(8)20-28(7)21-30(9)35(41)23-37(42)45-11/h13-14,16,25-31,33-36,38,41,43H,15,17-23H2,1-12H3/b14-13+,32-16-/t28-,29+,30-,31-,33+,34+,35-,36-,38+/m0/s1. The molecule has 0 aromatic rings. The van der Waals surface area contributed by atoms with E-state index in [4.69, 9.17) is 9.16 Å². The Morgan fingerprint density at radius 2 is 1.42 bits per heavy atom. The van der Waals surface area contributed by atoms with E-state index >= 15 is 0 Å². The molecule has 0 bridgehead atoms. The Labute approximate surface area is 293 Å². The Morgan fingerprint density at radius 1 is 0.854 bits per heavy atom. The van der Waals surface area contributed by atoms with Gasteiger partial charge in [0, 0.05) is 0 Å². The number of carbonyl (C=O) groups is 2. The number of hydrogen-bond acceptors (Lipinski definition) is 8. The smallest absolute Gasteiger partial charge is 0.309 e. The van der Waals surface area contributed by atoms with Crippen LogP contribution in [0, 0.1) is 46.8 Å². The van der Waals surface area contributed by atoms with Crippen molar-refractivity contribution in [3.8, 4) is 6.07 Å².